The monoisotopic (exact) mass is 304 g/mol. The Morgan fingerprint density at radius 2 is 1.94 bits per heavy atom. The fourth-order valence-corrected chi connectivity index (χ4v) is 2.16. The maximum atomic E-state index is 12.4. The molecule has 18 heavy (non-hydrogen) atoms. The molecule has 0 saturated heterocycles. The van der Waals surface area contributed by atoms with Crippen molar-refractivity contribution in [1.82, 2.24) is 0 Å². The molecule has 0 radical (unpaired) electrons. The van der Waals surface area contributed by atoms with Crippen LogP contribution >= 0.6 is 15.9 Å². The molecule has 0 bridgehead atoms. The number of hydrogen-bond acceptors (Lipinski definition) is 2. The third-order valence-electron chi connectivity index (χ3n) is 2.70. The highest BCUT2D eigenvalue weighted by Gasteiger charge is 2.13. The molecule has 0 aliphatic carbocycles. The van der Waals surface area contributed by atoms with E-state index in [0.717, 1.165) is 10.0 Å². The fraction of sp³-hybridized carbons (Fsp3) is 0.133. The predicted octanol–water partition coefficient (Wildman–Crippen LogP) is 4.00. The van der Waals surface area contributed by atoms with Gasteiger partial charge in [0.2, 0.25) is 0 Å². The highest BCUT2D eigenvalue weighted by atomic mass is 79.9. The Bertz CT molecular complexity index is 591. The zero-order valence-corrected chi connectivity index (χ0v) is 11.8. The summed E-state index contributed by atoms with van der Waals surface area (Å²) in [5.74, 6) is 0.675. The number of ether oxygens (including phenoxy) is 1. The van der Waals surface area contributed by atoms with Crippen molar-refractivity contribution in [3.8, 4) is 5.75 Å². The van der Waals surface area contributed by atoms with E-state index in [0.29, 0.717) is 16.9 Å². The molecule has 0 aliphatic rings. The van der Waals surface area contributed by atoms with E-state index in [1.165, 1.54) is 0 Å². The summed E-state index contributed by atoms with van der Waals surface area (Å²) in [6, 6.07) is 12.9. The molecule has 2 aromatic rings. The number of carbonyl (C=O) groups excluding carboxylic acids is 1. The molecule has 3 heteroatoms. The topological polar surface area (TPSA) is 26.3 Å². The van der Waals surface area contributed by atoms with Crippen molar-refractivity contribution >= 4 is 21.7 Å². The average molecular weight is 305 g/mol. The van der Waals surface area contributed by atoms with Crippen LogP contribution in [0.15, 0.2) is 46.9 Å². The lowest BCUT2D eigenvalue weighted by atomic mass is 10.0. The van der Waals surface area contributed by atoms with Crippen LogP contribution in [0.4, 0.5) is 0 Å². The van der Waals surface area contributed by atoms with Crippen LogP contribution in [0.1, 0.15) is 21.5 Å². The molecule has 2 rings (SSSR count). The Hall–Kier alpha value is -1.61. The second-order valence-corrected chi connectivity index (χ2v) is 4.90. The van der Waals surface area contributed by atoms with Crippen molar-refractivity contribution < 1.29 is 9.53 Å². The third-order valence-corrected chi connectivity index (χ3v) is 3.39. The van der Waals surface area contributed by atoms with Crippen LogP contribution in [0.5, 0.6) is 5.75 Å². The normalized spacial score (nSPS) is 10.2. The number of benzene rings is 2. The summed E-state index contributed by atoms with van der Waals surface area (Å²) in [6.45, 7) is 1.97. The highest BCUT2D eigenvalue weighted by Crippen LogP contribution is 2.23. The first kappa shape index (κ1) is 12.8. The smallest absolute Gasteiger partial charge is 0.194 e. The molecule has 0 fully saturated rings. The Morgan fingerprint density at radius 1 is 1.17 bits per heavy atom. The zero-order chi connectivity index (χ0) is 13.1. The molecule has 0 heterocycles. The average Bonchev–Trinajstić information content (AvgIpc) is 2.41. The minimum Gasteiger partial charge on any atom is -0.497 e. The van der Waals surface area contributed by atoms with Crippen LogP contribution in [0.25, 0.3) is 0 Å². The zero-order valence-electron chi connectivity index (χ0n) is 10.2. The van der Waals surface area contributed by atoms with Gasteiger partial charge in [0.1, 0.15) is 5.75 Å². The summed E-state index contributed by atoms with van der Waals surface area (Å²) in [7, 11) is 1.59. The van der Waals surface area contributed by atoms with Gasteiger partial charge in [0.15, 0.2) is 5.78 Å². The van der Waals surface area contributed by atoms with Gasteiger partial charge < -0.3 is 4.74 Å². The van der Waals surface area contributed by atoms with Crippen molar-refractivity contribution in [3.63, 3.8) is 0 Å². The molecule has 2 aromatic carbocycles. The van der Waals surface area contributed by atoms with Crippen molar-refractivity contribution in [2.24, 2.45) is 0 Å². The molecular formula is C15H13BrO2. The summed E-state index contributed by atoms with van der Waals surface area (Å²) in [5.41, 5.74) is 2.35. The first-order valence-electron chi connectivity index (χ1n) is 5.56. The van der Waals surface area contributed by atoms with Gasteiger partial charge >= 0.3 is 0 Å². The van der Waals surface area contributed by atoms with Crippen molar-refractivity contribution in [2.75, 3.05) is 7.11 Å². The van der Waals surface area contributed by atoms with E-state index in [1.54, 1.807) is 19.2 Å². The van der Waals surface area contributed by atoms with E-state index in [-0.39, 0.29) is 5.78 Å². The van der Waals surface area contributed by atoms with Gasteiger partial charge in [0.05, 0.1) is 7.11 Å². The van der Waals surface area contributed by atoms with Gasteiger partial charge in [0, 0.05) is 15.6 Å². The first-order valence-corrected chi connectivity index (χ1v) is 6.36. The van der Waals surface area contributed by atoms with E-state index < -0.39 is 0 Å². The van der Waals surface area contributed by atoms with Crippen molar-refractivity contribution in [2.45, 2.75) is 6.92 Å². The van der Waals surface area contributed by atoms with Crippen LogP contribution in [-0.2, 0) is 0 Å². The van der Waals surface area contributed by atoms with Crippen molar-refractivity contribution in [3.05, 3.63) is 63.6 Å². The largest absolute Gasteiger partial charge is 0.497 e. The van der Waals surface area contributed by atoms with E-state index in [9.17, 15) is 4.79 Å². The molecule has 0 amide bonds. The number of hydrogen-bond donors (Lipinski definition) is 0. The number of carbonyl (C=O) groups is 1. The lowest BCUT2D eigenvalue weighted by Gasteiger charge is -2.06. The first-order chi connectivity index (χ1) is 8.61. The van der Waals surface area contributed by atoms with Gasteiger partial charge in [-0.05, 0) is 31.2 Å². The quantitative estimate of drug-likeness (QED) is 0.801. The van der Waals surface area contributed by atoms with Crippen LogP contribution in [0, 0.1) is 6.92 Å². The van der Waals surface area contributed by atoms with Crippen LogP contribution in [0.2, 0.25) is 0 Å². The Labute approximate surface area is 115 Å². The van der Waals surface area contributed by atoms with Crippen LogP contribution < -0.4 is 4.74 Å². The maximum absolute atomic E-state index is 12.4. The molecule has 0 saturated carbocycles. The van der Waals surface area contributed by atoms with Gasteiger partial charge in [-0.2, -0.15) is 0 Å². The van der Waals surface area contributed by atoms with E-state index in [2.05, 4.69) is 15.9 Å². The third kappa shape index (κ3) is 2.62. The second kappa shape index (κ2) is 5.36. The van der Waals surface area contributed by atoms with Gasteiger partial charge in [-0.1, -0.05) is 39.7 Å². The van der Waals surface area contributed by atoms with E-state index >= 15 is 0 Å². The van der Waals surface area contributed by atoms with Gasteiger partial charge in [0.25, 0.3) is 0 Å². The Balaban J connectivity index is 2.44. The van der Waals surface area contributed by atoms with Gasteiger partial charge in [-0.15, -0.1) is 0 Å². The molecule has 0 unspecified atom stereocenters. The lowest BCUT2D eigenvalue weighted by molar-refractivity contribution is 0.103. The number of ketones is 1. The fourth-order valence-electron chi connectivity index (χ4n) is 1.73. The summed E-state index contributed by atoms with van der Waals surface area (Å²) >= 11 is 3.41. The minimum atomic E-state index is -0.00975. The Morgan fingerprint density at radius 3 is 2.67 bits per heavy atom. The number of aryl methyl sites for hydroxylation is 1. The van der Waals surface area contributed by atoms with Gasteiger partial charge in [-0.25, -0.2) is 0 Å². The molecule has 0 aromatic heterocycles. The van der Waals surface area contributed by atoms with Crippen molar-refractivity contribution in [1.29, 1.82) is 0 Å². The number of methoxy groups -OCH3 is 1. The summed E-state index contributed by atoms with van der Waals surface area (Å²) in [4.78, 5) is 12.4. The summed E-state index contributed by atoms with van der Waals surface area (Å²) in [5, 5.41) is 0. The summed E-state index contributed by atoms with van der Waals surface area (Å²) in [6.07, 6.45) is 0. The molecule has 0 atom stereocenters. The van der Waals surface area contributed by atoms with E-state index in [4.69, 9.17) is 4.74 Å². The van der Waals surface area contributed by atoms with Crippen LogP contribution in [0.3, 0.4) is 0 Å². The second-order valence-electron chi connectivity index (χ2n) is 4.04. The molecule has 2 nitrogen and oxygen atoms in total. The molecule has 0 spiro atoms. The molecule has 92 valence electrons. The SMILES string of the molecule is COc1cccc(C(=O)c2cc(C)ccc2Br)c1. The molecule has 0 aliphatic heterocycles. The highest BCUT2D eigenvalue weighted by molar-refractivity contribution is 9.10. The molecule has 0 N–H and O–H groups in total. The molecular weight excluding hydrogens is 292 g/mol. The predicted molar refractivity (Wildman–Crippen MR) is 75.3 cm³/mol. The number of rotatable bonds is 3. The lowest BCUT2D eigenvalue weighted by Crippen LogP contribution is -2.03. The van der Waals surface area contributed by atoms with E-state index in [1.807, 2.05) is 37.3 Å². The summed E-state index contributed by atoms with van der Waals surface area (Å²) < 4.78 is 5.94. The van der Waals surface area contributed by atoms with Gasteiger partial charge in [-0.3, -0.25) is 4.79 Å². The minimum absolute atomic E-state index is 0.00975. The van der Waals surface area contributed by atoms with Crippen LogP contribution in [-0.4, -0.2) is 12.9 Å². The maximum Gasteiger partial charge on any atom is 0.194 e. The Kier molecular flexibility index (Phi) is 3.82. The number of halogens is 1. The standard InChI is InChI=1S/C15H13BrO2/c1-10-6-7-14(16)13(8-10)15(17)11-4-3-5-12(9-11)18-2/h3-9H,1-2H3.